The standard InChI is InChI=1S/C13H11BrCl2N2/c1-8-12(4-5-13(16)18-8)17-7-9-2-3-10(14)6-11(9)15/h2-6,17H,7H2,1H3. The second-order valence-electron chi connectivity index (χ2n) is 3.86. The zero-order valence-corrected chi connectivity index (χ0v) is 12.8. The van der Waals surface area contributed by atoms with Crippen molar-refractivity contribution in [2.45, 2.75) is 13.5 Å². The van der Waals surface area contributed by atoms with Crippen molar-refractivity contribution in [3.63, 3.8) is 0 Å². The van der Waals surface area contributed by atoms with Gasteiger partial charge in [-0.25, -0.2) is 4.98 Å². The molecule has 0 aliphatic rings. The summed E-state index contributed by atoms with van der Waals surface area (Å²) in [6.45, 7) is 2.56. The maximum Gasteiger partial charge on any atom is 0.129 e. The molecule has 0 amide bonds. The summed E-state index contributed by atoms with van der Waals surface area (Å²) in [4.78, 5) is 4.18. The first-order chi connectivity index (χ1) is 8.56. The fraction of sp³-hybridized carbons (Fsp3) is 0.154. The molecule has 0 fully saturated rings. The molecule has 1 N–H and O–H groups in total. The monoisotopic (exact) mass is 344 g/mol. The Bertz CT molecular complexity index is 521. The van der Waals surface area contributed by atoms with E-state index in [1.165, 1.54) is 0 Å². The van der Waals surface area contributed by atoms with Gasteiger partial charge in [0.15, 0.2) is 0 Å². The fourth-order valence-electron chi connectivity index (χ4n) is 1.57. The highest BCUT2D eigenvalue weighted by molar-refractivity contribution is 9.10. The molecule has 1 aromatic heterocycles. The van der Waals surface area contributed by atoms with Crippen LogP contribution in [0.1, 0.15) is 11.3 Å². The van der Waals surface area contributed by atoms with E-state index in [2.05, 4.69) is 26.2 Å². The van der Waals surface area contributed by atoms with Gasteiger partial charge < -0.3 is 5.32 Å². The Morgan fingerprint density at radius 2 is 2.00 bits per heavy atom. The van der Waals surface area contributed by atoms with Crippen molar-refractivity contribution >= 4 is 44.8 Å². The number of anilines is 1. The summed E-state index contributed by atoms with van der Waals surface area (Å²) in [6, 6.07) is 9.51. The summed E-state index contributed by atoms with van der Waals surface area (Å²) in [7, 11) is 0. The van der Waals surface area contributed by atoms with Crippen LogP contribution >= 0.6 is 39.1 Å². The topological polar surface area (TPSA) is 24.9 Å². The van der Waals surface area contributed by atoms with Crippen molar-refractivity contribution in [2.75, 3.05) is 5.32 Å². The Balaban J connectivity index is 2.11. The van der Waals surface area contributed by atoms with Crippen LogP contribution in [0.25, 0.3) is 0 Å². The second-order valence-corrected chi connectivity index (χ2v) is 5.57. The number of pyridine rings is 1. The van der Waals surface area contributed by atoms with Gasteiger partial charge in [0, 0.05) is 16.0 Å². The molecule has 2 aromatic rings. The van der Waals surface area contributed by atoms with Crippen molar-refractivity contribution in [1.82, 2.24) is 4.98 Å². The third kappa shape index (κ3) is 3.37. The number of rotatable bonds is 3. The predicted octanol–water partition coefficient (Wildman–Crippen LogP) is 5.07. The molecule has 0 aliphatic carbocycles. The van der Waals surface area contributed by atoms with Gasteiger partial charge in [-0.15, -0.1) is 0 Å². The van der Waals surface area contributed by atoms with E-state index in [0.29, 0.717) is 11.7 Å². The first-order valence-corrected chi connectivity index (χ1v) is 6.92. The summed E-state index contributed by atoms with van der Waals surface area (Å²) in [6.07, 6.45) is 0. The minimum atomic E-state index is 0.500. The molecule has 18 heavy (non-hydrogen) atoms. The van der Waals surface area contributed by atoms with Crippen LogP contribution in [0.2, 0.25) is 10.2 Å². The largest absolute Gasteiger partial charge is 0.379 e. The molecular formula is C13H11BrCl2N2. The van der Waals surface area contributed by atoms with Crippen molar-refractivity contribution in [1.29, 1.82) is 0 Å². The van der Waals surface area contributed by atoms with E-state index in [1.54, 1.807) is 6.07 Å². The van der Waals surface area contributed by atoms with Crippen LogP contribution < -0.4 is 5.32 Å². The van der Waals surface area contributed by atoms with Crippen molar-refractivity contribution in [3.8, 4) is 0 Å². The number of aromatic nitrogens is 1. The van der Waals surface area contributed by atoms with E-state index in [0.717, 1.165) is 26.4 Å². The van der Waals surface area contributed by atoms with E-state index in [-0.39, 0.29) is 0 Å². The lowest BCUT2D eigenvalue weighted by atomic mass is 10.2. The van der Waals surface area contributed by atoms with Gasteiger partial charge in [-0.05, 0) is 36.8 Å². The zero-order valence-electron chi connectivity index (χ0n) is 9.67. The molecule has 0 radical (unpaired) electrons. The third-order valence-electron chi connectivity index (χ3n) is 2.54. The van der Waals surface area contributed by atoms with Gasteiger partial charge in [-0.2, -0.15) is 0 Å². The van der Waals surface area contributed by atoms with E-state index in [9.17, 15) is 0 Å². The molecule has 0 saturated heterocycles. The number of hydrogen-bond acceptors (Lipinski definition) is 2. The summed E-state index contributed by atoms with van der Waals surface area (Å²) in [5, 5.41) is 4.53. The number of aryl methyl sites for hydroxylation is 1. The van der Waals surface area contributed by atoms with Crippen LogP contribution in [0.4, 0.5) is 5.69 Å². The highest BCUT2D eigenvalue weighted by Gasteiger charge is 2.03. The second kappa shape index (κ2) is 5.91. The van der Waals surface area contributed by atoms with Gasteiger partial charge in [-0.3, -0.25) is 0 Å². The Morgan fingerprint density at radius 1 is 1.22 bits per heavy atom. The minimum absolute atomic E-state index is 0.500. The lowest BCUT2D eigenvalue weighted by Crippen LogP contribution is -2.02. The molecule has 0 spiro atoms. The van der Waals surface area contributed by atoms with Crippen LogP contribution in [0.15, 0.2) is 34.8 Å². The van der Waals surface area contributed by atoms with Gasteiger partial charge in [0.05, 0.1) is 11.4 Å². The van der Waals surface area contributed by atoms with Crippen LogP contribution in [0.3, 0.4) is 0 Å². The number of nitrogens with zero attached hydrogens (tertiary/aromatic N) is 1. The Labute approximate surface area is 124 Å². The zero-order chi connectivity index (χ0) is 13.1. The molecule has 0 saturated carbocycles. The molecule has 0 bridgehead atoms. The van der Waals surface area contributed by atoms with Crippen LogP contribution in [0, 0.1) is 6.92 Å². The predicted molar refractivity (Wildman–Crippen MR) is 80.5 cm³/mol. The van der Waals surface area contributed by atoms with E-state index in [1.807, 2.05) is 31.2 Å². The maximum absolute atomic E-state index is 6.15. The van der Waals surface area contributed by atoms with Crippen molar-refractivity contribution < 1.29 is 0 Å². The lowest BCUT2D eigenvalue weighted by Gasteiger charge is -2.10. The average molecular weight is 346 g/mol. The molecule has 94 valence electrons. The average Bonchev–Trinajstić information content (AvgIpc) is 2.30. The van der Waals surface area contributed by atoms with Crippen LogP contribution in [-0.2, 0) is 6.54 Å². The molecule has 1 aromatic carbocycles. The van der Waals surface area contributed by atoms with E-state index in [4.69, 9.17) is 23.2 Å². The molecule has 1 heterocycles. The van der Waals surface area contributed by atoms with E-state index < -0.39 is 0 Å². The van der Waals surface area contributed by atoms with Gasteiger partial charge >= 0.3 is 0 Å². The SMILES string of the molecule is Cc1nc(Cl)ccc1NCc1ccc(Br)cc1Cl. The van der Waals surface area contributed by atoms with Gasteiger partial charge in [0.25, 0.3) is 0 Å². The fourth-order valence-corrected chi connectivity index (χ4v) is 2.50. The first-order valence-electron chi connectivity index (χ1n) is 5.37. The highest BCUT2D eigenvalue weighted by Crippen LogP contribution is 2.23. The quantitative estimate of drug-likeness (QED) is 0.785. The molecular weight excluding hydrogens is 335 g/mol. The third-order valence-corrected chi connectivity index (χ3v) is 3.59. The molecule has 5 heteroatoms. The van der Waals surface area contributed by atoms with E-state index >= 15 is 0 Å². The van der Waals surface area contributed by atoms with Crippen molar-refractivity contribution in [3.05, 3.63) is 56.2 Å². The molecule has 2 nitrogen and oxygen atoms in total. The van der Waals surface area contributed by atoms with Crippen LogP contribution in [-0.4, -0.2) is 4.98 Å². The Morgan fingerprint density at radius 3 is 2.67 bits per heavy atom. The summed E-state index contributed by atoms with van der Waals surface area (Å²) >= 11 is 15.3. The Kier molecular flexibility index (Phi) is 4.49. The highest BCUT2D eigenvalue weighted by atomic mass is 79.9. The molecule has 2 rings (SSSR count). The molecule has 0 atom stereocenters. The number of benzene rings is 1. The molecule has 0 unspecified atom stereocenters. The summed E-state index contributed by atoms with van der Waals surface area (Å²) in [5.74, 6) is 0. The van der Waals surface area contributed by atoms with Gasteiger partial charge in [0.1, 0.15) is 5.15 Å². The van der Waals surface area contributed by atoms with Gasteiger partial charge in [0.2, 0.25) is 0 Å². The van der Waals surface area contributed by atoms with Crippen LogP contribution in [0.5, 0.6) is 0 Å². The number of hydrogen-bond donors (Lipinski definition) is 1. The number of halogens is 3. The van der Waals surface area contributed by atoms with Crippen molar-refractivity contribution in [2.24, 2.45) is 0 Å². The van der Waals surface area contributed by atoms with Gasteiger partial charge in [-0.1, -0.05) is 45.2 Å². The number of nitrogens with one attached hydrogen (secondary N) is 1. The minimum Gasteiger partial charge on any atom is -0.379 e. The molecule has 0 aliphatic heterocycles. The first kappa shape index (κ1) is 13.7. The summed E-state index contributed by atoms with van der Waals surface area (Å²) in [5.41, 5.74) is 2.86. The normalized spacial score (nSPS) is 10.4. The summed E-state index contributed by atoms with van der Waals surface area (Å²) < 4.78 is 0.973. The lowest BCUT2D eigenvalue weighted by molar-refractivity contribution is 1.11. The Hall–Kier alpha value is -0.770. The maximum atomic E-state index is 6.15. The smallest absolute Gasteiger partial charge is 0.129 e.